The molecule has 0 bridgehead atoms. The average molecular weight is 749 g/mol. The van der Waals surface area contributed by atoms with Crippen molar-refractivity contribution in [3.05, 3.63) is 192 Å². The Kier molecular flexibility index (Phi) is 8.31. The molecule has 0 aliphatic rings. The SMILES string of the molecule is O=Cc1ccc(-c2ccc3c(c2)c2cc(-c4ccc(C=O)cc4)ccc2n3-n2c3ccc(-c4ccc(C=O)cc4)cc3c3cc(-c4ccc(C=O)cc4)ccc32)cc1. The Morgan fingerprint density at radius 3 is 0.621 bits per heavy atom. The summed E-state index contributed by atoms with van der Waals surface area (Å²) in [7, 11) is 0. The zero-order valence-corrected chi connectivity index (χ0v) is 31.0. The number of nitrogens with zero attached hydrogens (tertiary/aromatic N) is 2. The molecule has 0 amide bonds. The summed E-state index contributed by atoms with van der Waals surface area (Å²) in [4.78, 5) is 45.8. The van der Waals surface area contributed by atoms with Crippen LogP contribution in [0.4, 0.5) is 0 Å². The van der Waals surface area contributed by atoms with Crippen LogP contribution in [0.5, 0.6) is 0 Å². The fraction of sp³-hybridized carbons (Fsp3) is 0. The summed E-state index contributed by atoms with van der Waals surface area (Å²) < 4.78 is 4.59. The quantitative estimate of drug-likeness (QED) is 0.138. The number of aldehydes is 4. The van der Waals surface area contributed by atoms with Gasteiger partial charge in [0, 0.05) is 43.8 Å². The fourth-order valence-electron chi connectivity index (χ4n) is 8.17. The smallest absolute Gasteiger partial charge is 0.150 e. The lowest BCUT2D eigenvalue weighted by Crippen LogP contribution is -2.08. The number of rotatable bonds is 9. The molecule has 6 heteroatoms. The highest BCUT2D eigenvalue weighted by molar-refractivity contribution is 6.14. The minimum absolute atomic E-state index is 0.625. The number of fused-ring (bicyclic) bond motifs is 6. The fourth-order valence-corrected chi connectivity index (χ4v) is 8.17. The number of benzene rings is 8. The van der Waals surface area contributed by atoms with Crippen LogP contribution in [0, 0.1) is 0 Å². The van der Waals surface area contributed by atoms with Gasteiger partial charge in [0.2, 0.25) is 0 Å². The Hall–Kier alpha value is -7.96. The number of hydrogen-bond acceptors (Lipinski definition) is 4. The third-order valence-corrected chi connectivity index (χ3v) is 11.2. The molecule has 10 rings (SSSR count). The van der Waals surface area contributed by atoms with Gasteiger partial charge < -0.3 is 0 Å². The van der Waals surface area contributed by atoms with Crippen LogP contribution in [-0.2, 0) is 0 Å². The molecule has 0 N–H and O–H groups in total. The highest BCUT2D eigenvalue weighted by Crippen LogP contribution is 2.40. The van der Waals surface area contributed by atoms with Gasteiger partial charge in [-0.15, -0.1) is 0 Å². The summed E-state index contributed by atoms with van der Waals surface area (Å²) in [5.74, 6) is 0. The Morgan fingerprint density at radius 2 is 0.431 bits per heavy atom. The van der Waals surface area contributed by atoms with E-state index in [1.54, 1.807) is 0 Å². The number of hydrogen-bond donors (Lipinski definition) is 0. The largest absolute Gasteiger partial charge is 0.298 e. The number of carbonyl (C=O) groups is 4. The van der Waals surface area contributed by atoms with Crippen molar-refractivity contribution in [2.45, 2.75) is 0 Å². The van der Waals surface area contributed by atoms with E-state index in [0.717, 1.165) is 113 Å². The van der Waals surface area contributed by atoms with Gasteiger partial charge in [0.25, 0.3) is 0 Å². The molecule has 0 saturated heterocycles. The van der Waals surface area contributed by atoms with E-state index in [4.69, 9.17) is 0 Å². The van der Waals surface area contributed by atoms with E-state index in [-0.39, 0.29) is 0 Å². The monoisotopic (exact) mass is 748 g/mol. The van der Waals surface area contributed by atoms with Gasteiger partial charge in [0.05, 0.1) is 22.1 Å². The molecule has 0 fully saturated rings. The highest BCUT2D eigenvalue weighted by Gasteiger charge is 2.20. The maximum absolute atomic E-state index is 11.4. The Morgan fingerprint density at radius 1 is 0.241 bits per heavy atom. The van der Waals surface area contributed by atoms with E-state index < -0.39 is 0 Å². The molecule has 6 nitrogen and oxygen atoms in total. The van der Waals surface area contributed by atoms with Gasteiger partial charge in [-0.1, -0.05) is 121 Å². The molecule has 10 aromatic rings. The van der Waals surface area contributed by atoms with Crippen molar-refractivity contribution in [3.8, 4) is 44.5 Å². The van der Waals surface area contributed by atoms with E-state index in [1.807, 2.05) is 97.1 Å². The van der Waals surface area contributed by atoms with Crippen molar-refractivity contribution in [2.75, 3.05) is 0 Å². The second-order valence-corrected chi connectivity index (χ2v) is 14.5. The molecule has 0 unspecified atom stereocenters. The molecule has 8 aromatic carbocycles. The lowest BCUT2D eigenvalue weighted by molar-refractivity contribution is 0.111. The maximum atomic E-state index is 11.4. The first-order valence-electron chi connectivity index (χ1n) is 18.9. The minimum Gasteiger partial charge on any atom is -0.298 e. The second kappa shape index (κ2) is 14.0. The van der Waals surface area contributed by atoms with Crippen molar-refractivity contribution in [1.82, 2.24) is 9.35 Å². The summed E-state index contributed by atoms with van der Waals surface area (Å²) in [6, 6.07) is 56.6. The minimum atomic E-state index is 0.625. The number of aromatic nitrogens is 2. The van der Waals surface area contributed by atoms with Crippen molar-refractivity contribution in [2.24, 2.45) is 0 Å². The summed E-state index contributed by atoms with van der Waals surface area (Å²) in [6.07, 6.45) is 3.42. The number of carbonyl (C=O) groups excluding carboxylic acids is 4. The molecule has 58 heavy (non-hydrogen) atoms. The van der Waals surface area contributed by atoms with Gasteiger partial charge in [-0.2, -0.15) is 0 Å². The third kappa shape index (κ3) is 5.74. The molecular weight excluding hydrogens is 717 g/mol. The lowest BCUT2D eigenvalue weighted by atomic mass is 9.99. The molecule has 0 radical (unpaired) electrons. The molecule has 0 saturated carbocycles. The summed E-state index contributed by atoms with van der Waals surface area (Å²) >= 11 is 0. The third-order valence-electron chi connectivity index (χ3n) is 11.2. The first-order valence-corrected chi connectivity index (χ1v) is 18.9. The van der Waals surface area contributed by atoms with Gasteiger partial charge in [0.1, 0.15) is 25.1 Å². The van der Waals surface area contributed by atoms with Gasteiger partial charge in [-0.05, 0) is 93.0 Å². The van der Waals surface area contributed by atoms with Crippen LogP contribution in [-0.4, -0.2) is 34.5 Å². The van der Waals surface area contributed by atoms with E-state index in [9.17, 15) is 19.2 Å². The van der Waals surface area contributed by atoms with E-state index in [2.05, 4.69) is 82.1 Å². The molecule has 0 aliphatic heterocycles. The van der Waals surface area contributed by atoms with Crippen LogP contribution in [0.25, 0.3) is 88.1 Å². The Labute approximate surface area is 332 Å². The van der Waals surface area contributed by atoms with E-state index in [1.165, 1.54) is 0 Å². The molecular formula is C52H32N2O4. The maximum Gasteiger partial charge on any atom is 0.150 e. The van der Waals surface area contributed by atoms with Gasteiger partial charge in [-0.25, -0.2) is 9.35 Å². The predicted octanol–water partition coefficient (Wildman–Crippen LogP) is 12.1. The van der Waals surface area contributed by atoms with E-state index in [0.29, 0.717) is 22.3 Å². The molecule has 274 valence electrons. The lowest BCUT2D eigenvalue weighted by Gasteiger charge is -2.14. The van der Waals surface area contributed by atoms with Crippen molar-refractivity contribution in [3.63, 3.8) is 0 Å². The average Bonchev–Trinajstić information content (AvgIpc) is 3.79. The zero-order chi connectivity index (χ0) is 39.3. The summed E-state index contributed by atoms with van der Waals surface area (Å²) in [5, 5.41) is 4.25. The van der Waals surface area contributed by atoms with Crippen molar-refractivity contribution >= 4 is 68.8 Å². The molecule has 0 aliphatic carbocycles. The molecule has 0 atom stereocenters. The van der Waals surface area contributed by atoms with E-state index >= 15 is 0 Å². The highest BCUT2D eigenvalue weighted by atomic mass is 16.1. The van der Waals surface area contributed by atoms with Crippen LogP contribution >= 0.6 is 0 Å². The van der Waals surface area contributed by atoms with Crippen LogP contribution < -0.4 is 0 Å². The Bertz CT molecular complexity index is 2820. The Balaban J connectivity index is 1.25. The normalized spacial score (nSPS) is 11.4. The summed E-state index contributed by atoms with van der Waals surface area (Å²) in [5.41, 5.74) is 14.7. The van der Waals surface area contributed by atoms with Crippen molar-refractivity contribution < 1.29 is 19.2 Å². The zero-order valence-electron chi connectivity index (χ0n) is 31.0. The molecule has 2 heterocycles. The van der Waals surface area contributed by atoms with Crippen LogP contribution in [0.1, 0.15) is 41.4 Å². The topological polar surface area (TPSA) is 78.1 Å². The first kappa shape index (κ1) is 34.5. The van der Waals surface area contributed by atoms with Crippen LogP contribution in [0.3, 0.4) is 0 Å². The van der Waals surface area contributed by atoms with Gasteiger partial charge in [0.15, 0.2) is 0 Å². The van der Waals surface area contributed by atoms with Gasteiger partial charge in [-0.3, -0.25) is 19.2 Å². The van der Waals surface area contributed by atoms with Crippen molar-refractivity contribution in [1.29, 1.82) is 0 Å². The second-order valence-electron chi connectivity index (χ2n) is 14.5. The standard InChI is InChI=1S/C52H32N2O4/c55-29-33-1-9-37(10-2-33)41-17-21-49-45(25-41)46-26-42(38-11-3-34(30-56)4-12-38)18-22-50(46)53(49)54-51-23-19-43(39-13-5-35(31-57)6-14-39)27-47(51)48-28-44(20-24-52(48)54)40-15-7-36(32-58)8-16-40/h1-32H. The summed E-state index contributed by atoms with van der Waals surface area (Å²) in [6.45, 7) is 0. The van der Waals surface area contributed by atoms with Crippen LogP contribution in [0.2, 0.25) is 0 Å². The molecule has 2 aromatic heterocycles. The first-order chi connectivity index (χ1) is 28.5. The molecule has 0 spiro atoms. The van der Waals surface area contributed by atoms with Crippen LogP contribution in [0.15, 0.2) is 170 Å². The van der Waals surface area contributed by atoms with Gasteiger partial charge >= 0.3 is 0 Å². The predicted molar refractivity (Wildman–Crippen MR) is 233 cm³/mol.